The second-order valence-electron chi connectivity index (χ2n) is 2.58. The fourth-order valence-electron chi connectivity index (χ4n) is 1.11. The first-order valence-corrected chi connectivity index (χ1v) is 5.32. The summed E-state index contributed by atoms with van der Waals surface area (Å²) in [6.45, 7) is 4.13. The van der Waals surface area contributed by atoms with Gasteiger partial charge in [-0.1, -0.05) is 0 Å². The lowest BCUT2D eigenvalue weighted by molar-refractivity contribution is 0.0525. The van der Waals surface area contributed by atoms with E-state index >= 15 is 0 Å². The van der Waals surface area contributed by atoms with Gasteiger partial charge in [-0.25, -0.2) is 4.79 Å². The Labute approximate surface area is 81.9 Å². The van der Waals surface area contributed by atoms with Crippen molar-refractivity contribution in [2.45, 2.75) is 18.9 Å². The number of hydrogen-bond acceptors (Lipinski definition) is 3. The Hall–Kier alpha value is -0.900. The molecule has 1 rings (SSSR count). The van der Waals surface area contributed by atoms with Gasteiger partial charge in [0.2, 0.25) is 0 Å². The molecule has 0 fully saturated rings. The zero-order valence-electron chi connectivity index (χ0n) is 8.01. The predicted octanol–water partition coefficient (Wildman–Crippen LogP) is 2.22. The Morgan fingerprint density at radius 3 is 2.85 bits per heavy atom. The van der Waals surface area contributed by atoms with Crippen molar-refractivity contribution in [3.8, 4) is 0 Å². The van der Waals surface area contributed by atoms with Gasteiger partial charge in [-0.05, 0) is 25.7 Å². The molecular formula is C9H13NO2S. The van der Waals surface area contributed by atoms with Crippen molar-refractivity contribution in [1.29, 1.82) is 0 Å². The fraction of sp³-hybridized carbons (Fsp3) is 0.444. The molecule has 0 amide bonds. The normalized spacial score (nSPS) is 10.1. The Balaban J connectivity index is 2.89. The predicted molar refractivity (Wildman–Crippen MR) is 53.3 cm³/mol. The van der Waals surface area contributed by atoms with Crippen LogP contribution >= 0.6 is 11.8 Å². The highest BCUT2D eigenvalue weighted by molar-refractivity contribution is 7.98. The van der Waals surface area contributed by atoms with Gasteiger partial charge in [0.1, 0.15) is 0 Å². The van der Waals surface area contributed by atoms with Crippen molar-refractivity contribution >= 4 is 17.7 Å². The summed E-state index contributed by atoms with van der Waals surface area (Å²) in [4.78, 5) is 14.4. The zero-order valence-corrected chi connectivity index (χ0v) is 8.83. The van der Waals surface area contributed by atoms with Crippen LogP contribution in [0.15, 0.2) is 11.2 Å². The van der Waals surface area contributed by atoms with Crippen LogP contribution in [-0.2, 0) is 4.74 Å². The smallest absolute Gasteiger partial charge is 0.339 e. The third kappa shape index (κ3) is 2.06. The highest BCUT2D eigenvalue weighted by atomic mass is 32.2. The second kappa shape index (κ2) is 4.37. The molecule has 0 bridgehead atoms. The number of nitrogens with one attached hydrogen (secondary N) is 1. The van der Waals surface area contributed by atoms with Gasteiger partial charge in [-0.2, -0.15) is 0 Å². The van der Waals surface area contributed by atoms with Crippen LogP contribution in [0.25, 0.3) is 0 Å². The lowest BCUT2D eigenvalue weighted by atomic mass is 10.2. The Bertz CT molecular complexity index is 307. The van der Waals surface area contributed by atoms with Crippen LogP contribution in [-0.4, -0.2) is 23.8 Å². The van der Waals surface area contributed by atoms with Crippen molar-refractivity contribution in [3.05, 3.63) is 17.3 Å². The van der Waals surface area contributed by atoms with Gasteiger partial charge < -0.3 is 9.72 Å². The summed E-state index contributed by atoms with van der Waals surface area (Å²) in [6.07, 6.45) is 3.66. The molecule has 0 saturated carbocycles. The third-order valence-corrected chi connectivity index (χ3v) is 2.62. The molecule has 72 valence electrons. The van der Waals surface area contributed by atoms with Crippen molar-refractivity contribution in [1.82, 2.24) is 4.98 Å². The van der Waals surface area contributed by atoms with E-state index < -0.39 is 0 Å². The highest BCUT2D eigenvalue weighted by Crippen LogP contribution is 2.21. The fourth-order valence-corrected chi connectivity index (χ4v) is 1.70. The van der Waals surface area contributed by atoms with Crippen LogP contribution in [0.4, 0.5) is 0 Å². The van der Waals surface area contributed by atoms with Gasteiger partial charge in [0.15, 0.2) is 0 Å². The Morgan fingerprint density at radius 2 is 2.38 bits per heavy atom. The van der Waals surface area contributed by atoms with E-state index in [2.05, 4.69) is 4.98 Å². The van der Waals surface area contributed by atoms with Crippen molar-refractivity contribution in [3.63, 3.8) is 0 Å². The second-order valence-corrected chi connectivity index (χ2v) is 3.40. The van der Waals surface area contributed by atoms with E-state index in [1.54, 1.807) is 24.9 Å². The summed E-state index contributed by atoms with van der Waals surface area (Å²) in [6, 6.07) is 0. The molecular weight excluding hydrogens is 186 g/mol. The molecule has 0 aliphatic rings. The number of rotatable bonds is 3. The van der Waals surface area contributed by atoms with E-state index in [9.17, 15) is 4.79 Å². The molecule has 3 nitrogen and oxygen atoms in total. The SMILES string of the molecule is CCOC(=O)c1c[nH]c(SC)c1C. The van der Waals surface area contributed by atoms with Crippen molar-refractivity contribution in [2.24, 2.45) is 0 Å². The van der Waals surface area contributed by atoms with Crippen LogP contribution in [0.3, 0.4) is 0 Å². The molecule has 1 N–H and O–H groups in total. The number of aromatic amines is 1. The first-order chi connectivity index (χ1) is 6.20. The van der Waals surface area contributed by atoms with Gasteiger partial charge in [-0.3, -0.25) is 0 Å². The minimum absolute atomic E-state index is 0.253. The summed E-state index contributed by atoms with van der Waals surface area (Å²) >= 11 is 1.59. The zero-order chi connectivity index (χ0) is 9.84. The number of carbonyl (C=O) groups excluding carboxylic acids is 1. The lowest BCUT2D eigenvalue weighted by Crippen LogP contribution is -2.04. The number of hydrogen-bond donors (Lipinski definition) is 1. The summed E-state index contributed by atoms with van der Waals surface area (Å²) in [7, 11) is 0. The van der Waals surface area contributed by atoms with Crippen molar-refractivity contribution in [2.75, 3.05) is 12.9 Å². The summed E-state index contributed by atoms with van der Waals surface area (Å²) in [5.74, 6) is -0.253. The Morgan fingerprint density at radius 1 is 1.69 bits per heavy atom. The molecule has 4 heteroatoms. The molecule has 0 radical (unpaired) electrons. The number of H-pyrrole nitrogens is 1. The largest absolute Gasteiger partial charge is 0.462 e. The van der Waals surface area contributed by atoms with Crippen molar-refractivity contribution < 1.29 is 9.53 Å². The minimum atomic E-state index is -0.253. The molecule has 1 heterocycles. The van der Waals surface area contributed by atoms with Crippen LogP contribution in [0.2, 0.25) is 0 Å². The van der Waals surface area contributed by atoms with Crippen LogP contribution in [0.1, 0.15) is 22.8 Å². The molecule has 0 aromatic carbocycles. The van der Waals surface area contributed by atoms with E-state index in [0.717, 1.165) is 10.6 Å². The molecule has 0 spiro atoms. The standard InChI is InChI=1S/C9H13NO2S/c1-4-12-9(11)7-5-10-8(13-3)6(7)2/h5,10H,4H2,1-3H3. The van der Waals surface area contributed by atoms with E-state index in [-0.39, 0.29) is 5.97 Å². The van der Waals surface area contributed by atoms with Crippen LogP contribution in [0, 0.1) is 6.92 Å². The summed E-state index contributed by atoms with van der Waals surface area (Å²) in [5.41, 5.74) is 1.59. The van der Waals surface area contributed by atoms with Crippen LogP contribution in [0.5, 0.6) is 0 Å². The minimum Gasteiger partial charge on any atom is -0.462 e. The topological polar surface area (TPSA) is 42.1 Å². The average Bonchev–Trinajstić information content (AvgIpc) is 2.47. The molecule has 0 atom stereocenters. The number of esters is 1. The van der Waals surface area contributed by atoms with E-state index in [1.165, 1.54) is 0 Å². The maximum absolute atomic E-state index is 11.3. The quantitative estimate of drug-likeness (QED) is 0.599. The summed E-state index contributed by atoms with van der Waals surface area (Å²) in [5, 5.41) is 1.02. The first-order valence-electron chi connectivity index (χ1n) is 4.09. The molecule has 0 saturated heterocycles. The van der Waals surface area contributed by atoms with Crippen LogP contribution < -0.4 is 0 Å². The van der Waals surface area contributed by atoms with Gasteiger partial charge in [-0.15, -0.1) is 11.8 Å². The maximum Gasteiger partial charge on any atom is 0.339 e. The van der Waals surface area contributed by atoms with E-state index in [0.29, 0.717) is 12.2 Å². The lowest BCUT2D eigenvalue weighted by Gasteiger charge is -2.00. The third-order valence-electron chi connectivity index (χ3n) is 1.79. The van der Waals surface area contributed by atoms with Gasteiger partial charge in [0, 0.05) is 6.20 Å². The van der Waals surface area contributed by atoms with E-state index in [4.69, 9.17) is 4.74 Å². The molecule has 0 aliphatic carbocycles. The number of carbonyl (C=O) groups is 1. The van der Waals surface area contributed by atoms with Gasteiger partial charge >= 0.3 is 5.97 Å². The van der Waals surface area contributed by atoms with Gasteiger partial charge in [0.05, 0.1) is 17.2 Å². The monoisotopic (exact) mass is 199 g/mol. The first kappa shape index (κ1) is 10.2. The molecule has 13 heavy (non-hydrogen) atoms. The summed E-state index contributed by atoms with van der Waals surface area (Å²) < 4.78 is 4.90. The highest BCUT2D eigenvalue weighted by Gasteiger charge is 2.13. The van der Waals surface area contributed by atoms with E-state index in [1.807, 2.05) is 13.2 Å². The van der Waals surface area contributed by atoms with Gasteiger partial charge in [0.25, 0.3) is 0 Å². The molecule has 1 aromatic heterocycles. The maximum atomic E-state index is 11.3. The molecule has 0 aliphatic heterocycles. The number of aromatic nitrogens is 1. The number of ether oxygens (including phenoxy) is 1. The molecule has 0 unspecified atom stereocenters. The average molecular weight is 199 g/mol. The molecule has 1 aromatic rings. The Kier molecular flexibility index (Phi) is 3.42. The number of thioether (sulfide) groups is 1.